The van der Waals surface area contributed by atoms with E-state index in [-0.39, 0.29) is 5.76 Å². The molecule has 2 amide bonds. The van der Waals surface area contributed by atoms with Crippen LogP contribution < -0.4 is 24.8 Å². The van der Waals surface area contributed by atoms with Gasteiger partial charge in [0.25, 0.3) is 5.91 Å². The van der Waals surface area contributed by atoms with Gasteiger partial charge in [0.05, 0.1) is 27.6 Å². The van der Waals surface area contributed by atoms with Gasteiger partial charge in [0.1, 0.15) is 6.04 Å². The lowest BCUT2D eigenvalue weighted by molar-refractivity contribution is -0.118. The number of rotatable bonds is 9. The Morgan fingerprint density at radius 2 is 1.61 bits per heavy atom. The molecule has 8 heteroatoms. The molecule has 0 fully saturated rings. The predicted octanol–water partition coefficient (Wildman–Crippen LogP) is 3.29. The van der Waals surface area contributed by atoms with Crippen LogP contribution in [0.1, 0.15) is 16.1 Å². The van der Waals surface area contributed by atoms with Crippen LogP contribution in [-0.4, -0.2) is 39.2 Å². The number of benzene rings is 2. The fourth-order valence-corrected chi connectivity index (χ4v) is 3.08. The van der Waals surface area contributed by atoms with Crippen molar-refractivity contribution in [3.63, 3.8) is 0 Å². The van der Waals surface area contributed by atoms with Crippen molar-refractivity contribution in [2.24, 2.45) is 0 Å². The van der Waals surface area contributed by atoms with E-state index >= 15 is 0 Å². The van der Waals surface area contributed by atoms with Crippen molar-refractivity contribution in [2.45, 2.75) is 12.5 Å². The van der Waals surface area contributed by atoms with Gasteiger partial charge in [0.2, 0.25) is 11.7 Å². The SMILES string of the molecule is COc1cc(NC(=O)[C@H](Cc2ccccc2)NC(=O)c2ccco2)cc(OC)c1OC. The molecule has 0 saturated carbocycles. The van der Waals surface area contributed by atoms with E-state index in [1.807, 2.05) is 30.3 Å². The lowest BCUT2D eigenvalue weighted by Gasteiger charge is -2.19. The van der Waals surface area contributed by atoms with E-state index in [9.17, 15) is 9.59 Å². The van der Waals surface area contributed by atoms with Gasteiger partial charge in [-0.3, -0.25) is 9.59 Å². The molecule has 2 N–H and O–H groups in total. The van der Waals surface area contributed by atoms with Crippen LogP contribution in [0.15, 0.2) is 65.3 Å². The van der Waals surface area contributed by atoms with Gasteiger partial charge in [0.15, 0.2) is 17.3 Å². The van der Waals surface area contributed by atoms with Gasteiger partial charge in [0, 0.05) is 24.2 Å². The van der Waals surface area contributed by atoms with Gasteiger partial charge < -0.3 is 29.3 Å². The largest absolute Gasteiger partial charge is 0.493 e. The maximum absolute atomic E-state index is 13.1. The lowest BCUT2D eigenvalue weighted by Crippen LogP contribution is -2.45. The maximum Gasteiger partial charge on any atom is 0.287 e. The molecule has 0 bridgehead atoms. The van der Waals surface area contributed by atoms with Crippen LogP contribution in [-0.2, 0) is 11.2 Å². The van der Waals surface area contributed by atoms with Crippen LogP contribution >= 0.6 is 0 Å². The summed E-state index contributed by atoms with van der Waals surface area (Å²) >= 11 is 0. The first-order valence-corrected chi connectivity index (χ1v) is 9.55. The first-order valence-electron chi connectivity index (χ1n) is 9.55. The van der Waals surface area contributed by atoms with Crippen molar-refractivity contribution in [3.8, 4) is 17.2 Å². The van der Waals surface area contributed by atoms with Crippen LogP contribution in [0.2, 0.25) is 0 Å². The van der Waals surface area contributed by atoms with Crippen molar-refractivity contribution in [1.29, 1.82) is 0 Å². The predicted molar refractivity (Wildman–Crippen MR) is 115 cm³/mol. The molecule has 31 heavy (non-hydrogen) atoms. The number of carbonyl (C=O) groups is 2. The van der Waals surface area contributed by atoms with E-state index < -0.39 is 17.9 Å². The van der Waals surface area contributed by atoms with E-state index in [0.29, 0.717) is 29.4 Å². The molecule has 3 rings (SSSR count). The fourth-order valence-electron chi connectivity index (χ4n) is 3.08. The molecule has 0 saturated heterocycles. The Balaban J connectivity index is 1.84. The molecule has 0 spiro atoms. The van der Waals surface area contributed by atoms with Crippen molar-refractivity contribution in [2.75, 3.05) is 26.6 Å². The minimum absolute atomic E-state index is 0.124. The summed E-state index contributed by atoms with van der Waals surface area (Å²) in [5, 5.41) is 5.55. The second-order valence-electron chi connectivity index (χ2n) is 6.60. The number of nitrogens with one attached hydrogen (secondary N) is 2. The molecule has 1 atom stereocenters. The quantitative estimate of drug-likeness (QED) is 0.547. The van der Waals surface area contributed by atoms with Crippen LogP contribution in [0.25, 0.3) is 0 Å². The van der Waals surface area contributed by atoms with Crippen molar-refractivity contribution in [1.82, 2.24) is 5.32 Å². The molecule has 0 aliphatic carbocycles. The highest BCUT2D eigenvalue weighted by molar-refractivity contribution is 6.00. The van der Waals surface area contributed by atoms with Crippen LogP contribution in [0.5, 0.6) is 17.2 Å². The highest BCUT2D eigenvalue weighted by Gasteiger charge is 2.24. The molecular weight excluding hydrogens is 400 g/mol. The zero-order chi connectivity index (χ0) is 22.2. The van der Waals surface area contributed by atoms with E-state index in [0.717, 1.165) is 5.56 Å². The Morgan fingerprint density at radius 1 is 0.935 bits per heavy atom. The van der Waals surface area contributed by atoms with Gasteiger partial charge >= 0.3 is 0 Å². The molecule has 2 aromatic carbocycles. The average Bonchev–Trinajstić information content (AvgIpc) is 3.33. The number of carbonyl (C=O) groups excluding carboxylic acids is 2. The Labute approximate surface area is 180 Å². The minimum Gasteiger partial charge on any atom is -0.493 e. The number of amides is 2. The first kappa shape index (κ1) is 21.8. The van der Waals surface area contributed by atoms with E-state index in [1.165, 1.54) is 33.7 Å². The highest BCUT2D eigenvalue weighted by atomic mass is 16.5. The summed E-state index contributed by atoms with van der Waals surface area (Å²) in [6.07, 6.45) is 1.70. The summed E-state index contributed by atoms with van der Waals surface area (Å²) in [5.41, 5.74) is 1.33. The van der Waals surface area contributed by atoms with Crippen molar-refractivity contribution >= 4 is 17.5 Å². The van der Waals surface area contributed by atoms with Crippen molar-refractivity contribution in [3.05, 3.63) is 72.2 Å². The number of hydrogen-bond acceptors (Lipinski definition) is 6. The molecule has 3 aromatic rings. The molecule has 0 aliphatic heterocycles. The minimum atomic E-state index is -0.848. The smallest absolute Gasteiger partial charge is 0.287 e. The summed E-state index contributed by atoms with van der Waals surface area (Å²) in [6.45, 7) is 0. The monoisotopic (exact) mass is 424 g/mol. The Bertz CT molecular complexity index is 993. The van der Waals surface area contributed by atoms with E-state index in [1.54, 1.807) is 18.2 Å². The Morgan fingerprint density at radius 3 is 2.16 bits per heavy atom. The Hall–Kier alpha value is -3.94. The standard InChI is InChI=1S/C23H24N2O6/c1-28-19-13-16(14-20(29-2)21(19)30-3)24-22(26)17(12-15-8-5-4-6-9-15)25-23(27)18-10-7-11-31-18/h4-11,13-14,17H,12H2,1-3H3,(H,24,26)(H,25,27)/t17-/m0/s1. The number of hydrogen-bond donors (Lipinski definition) is 2. The van der Waals surface area contributed by atoms with Crippen molar-refractivity contribution < 1.29 is 28.2 Å². The summed E-state index contributed by atoms with van der Waals surface area (Å²) < 4.78 is 21.1. The van der Waals surface area contributed by atoms with E-state index in [2.05, 4.69) is 10.6 Å². The van der Waals surface area contributed by atoms with Crippen LogP contribution in [0.3, 0.4) is 0 Å². The van der Waals surface area contributed by atoms with Crippen LogP contribution in [0.4, 0.5) is 5.69 Å². The third kappa shape index (κ3) is 5.36. The zero-order valence-corrected chi connectivity index (χ0v) is 17.5. The second kappa shape index (κ2) is 10.2. The summed E-state index contributed by atoms with van der Waals surface area (Å²) in [6, 6.07) is 14.9. The van der Waals surface area contributed by atoms with E-state index in [4.69, 9.17) is 18.6 Å². The molecular formula is C23H24N2O6. The third-order valence-electron chi connectivity index (χ3n) is 4.58. The maximum atomic E-state index is 13.1. The molecule has 0 aliphatic rings. The number of ether oxygens (including phenoxy) is 3. The Kier molecular flexibility index (Phi) is 7.16. The van der Waals surface area contributed by atoms with Gasteiger partial charge in [-0.15, -0.1) is 0 Å². The fraction of sp³-hybridized carbons (Fsp3) is 0.217. The highest BCUT2D eigenvalue weighted by Crippen LogP contribution is 2.39. The molecule has 1 aromatic heterocycles. The van der Waals surface area contributed by atoms with Gasteiger partial charge in [-0.1, -0.05) is 30.3 Å². The lowest BCUT2D eigenvalue weighted by atomic mass is 10.0. The van der Waals surface area contributed by atoms with Gasteiger partial charge in [-0.25, -0.2) is 0 Å². The molecule has 1 heterocycles. The molecule has 0 unspecified atom stereocenters. The summed E-state index contributed by atoms with van der Waals surface area (Å²) in [7, 11) is 4.48. The molecule has 0 radical (unpaired) electrons. The number of methoxy groups -OCH3 is 3. The second-order valence-corrected chi connectivity index (χ2v) is 6.60. The molecule has 162 valence electrons. The summed E-state index contributed by atoms with van der Waals surface area (Å²) in [4.78, 5) is 25.6. The number of anilines is 1. The average molecular weight is 424 g/mol. The first-order chi connectivity index (χ1) is 15.0. The van der Waals surface area contributed by atoms with Gasteiger partial charge in [-0.2, -0.15) is 0 Å². The summed E-state index contributed by atoms with van der Waals surface area (Å²) in [5.74, 6) is 0.449. The van der Waals surface area contributed by atoms with Gasteiger partial charge in [-0.05, 0) is 17.7 Å². The topological polar surface area (TPSA) is 99.0 Å². The zero-order valence-electron chi connectivity index (χ0n) is 17.5. The molecule has 8 nitrogen and oxygen atoms in total. The number of furan rings is 1. The third-order valence-corrected chi connectivity index (χ3v) is 4.58. The van der Waals surface area contributed by atoms with Crippen LogP contribution in [0, 0.1) is 0 Å². The normalized spacial score (nSPS) is 11.3.